The predicted octanol–water partition coefficient (Wildman–Crippen LogP) is 0.359. The van der Waals surface area contributed by atoms with Crippen LogP contribution in [0.3, 0.4) is 0 Å². The van der Waals surface area contributed by atoms with Gasteiger partial charge in [-0.25, -0.2) is 0 Å². The first-order valence-corrected chi connectivity index (χ1v) is 2.02. The van der Waals surface area contributed by atoms with E-state index in [2.05, 4.69) is 4.74 Å². The fourth-order valence-electron chi connectivity index (χ4n) is 0.167. The molecule has 0 aromatic rings. The third-order valence-electron chi connectivity index (χ3n) is 0.621. The zero-order chi connectivity index (χ0) is 4.99. The second kappa shape index (κ2) is 6.44. The number of rotatable bonds is 2. The second-order valence-electron chi connectivity index (χ2n) is 1.10. The molecule has 1 N–H and O–H groups in total. The summed E-state index contributed by atoms with van der Waals surface area (Å²) in [4.78, 5) is 0. The molecule has 0 aliphatic heterocycles. The maximum Gasteiger partial charge on any atom is 0.153 e. The van der Waals surface area contributed by atoms with Crippen LogP contribution in [0.1, 0.15) is 13.3 Å². The van der Waals surface area contributed by atoms with Crippen molar-refractivity contribution in [2.45, 2.75) is 19.6 Å². The van der Waals surface area contributed by atoms with E-state index < -0.39 is 6.29 Å². The van der Waals surface area contributed by atoms with Crippen molar-refractivity contribution in [1.82, 2.24) is 0 Å². The Bertz CT molecular complexity index is 28.9. The molecule has 0 saturated carbocycles. The summed E-state index contributed by atoms with van der Waals surface area (Å²) in [7, 11) is 1.48. The third-order valence-corrected chi connectivity index (χ3v) is 0.621. The Hall–Kier alpha value is 0.439. The number of hydrogen-bond donors (Lipinski definition) is 1. The zero-order valence-corrected chi connectivity index (χ0v) is 5.70. The zero-order valence-electron chi connectivity index (χ0n) is 4.52. The second-order valence-corrected chi connectivity index (χ2v) is 1.10. The molecule has 0 bridgehead atoms. The summed E-state index contributed by atoms with van der Waals surface area (Å²) in [6, 6.07) is 0. The Morgan fingerprint density at radius 2 is 2.14 bits per heavy atom. The van der Waals surface area contributed by atoms with Gasteiger partial charge in [0.15, 0.2) is 6.29 Å². The molecular formula is C4H10MnO2. The molecule has 0 aliphatic carbocycles. The minimum atomic E-state index is -0.565. The van der Waals surface area contributed by atoms with Crippen LogP contribution >= 0.6 is 0 Å². The molecule has 0 aromatic heterocycles. The SMILES string of the molecule is CCC(O)OC.[Mn]. The minimum Gasteiger partial charge on any atom is -0.368 e. The molecule has 0 spiro atoms. The monoisotopic (exact) mass is 145 g/mol. The number of ether oxygens (including phenoxy) is 1. The van der Waals surface area contributed by atoms with Gasteiger partial charge in [0.2, 0.25) is 0 Å². The Balaban J connectivity index is 0. The van der Waals surface area contributed by atoms with Gasteiger partial charge in [-0.15, -0.1) is 0 Å². The van der Waals surface area contributed by atoms with Crippen LogP contribution in [0.2, 0.25) is 0 Å². The summed E-state index contributed by atoms with van der Waals surface area (Å²) in [6.45, 7) is 1.86. The molecule has 2 nitrogen and oxygen atoms in total. The number of aliphatic hydroxyl groups excluding tert-OH is 1. The first-order chi connectivity index (χ1) is 2.81. The van der Waals surface area contributed by atoms with Gasteiger partial charge in [-0.3, -0.25) is 0 Å². The van der Waals surface area contributed by atoms with Crippen molar-refractivity contribution in [3.05, 3.63) is 0 Å². The summed E-state index contributed by atoms with van der Waals surface area (Å²) in [5.74, 6) is 0. The van der Waals surface area contributed by atoms with Crippen LogP contribution in [0.5, 0.6) is 0 Å². The predicted molar refractivity (Wildman–Crippen MR) is 23.3 cm³/mol. The van der Waals surface area contributed by atoms with Gasteiger partial charge in [0.05, 0.1) is 0 Å². The van der Waals surface area contributed by atoms with Gasteiger partial charge < -0.3 is 9.84 Å². The van der Waals surface area contributed by atoms with Crippen molar-refractivity contribution in [3.8, 4) is 0 Å². The van der Waals surface area contributed by atoms with E-state index in [1.54, 1.807) is 0 Å². The smallest absolute Gasteiger partial charge is 0.153 e. The van der Waals surface area contributed by atoms with Crippen LogP contribution in [-0.4, -0.2) is 18.5 Å². The summed E-state index contributed by atoms with van der Waals surface area (Å²) < 4.78 is 4.45. The Morgan fingerprint density at radius 1 is 1.71 bits per heavy atom. The molecule has 0 heterocycles. The molecule has 0 fully saturated rings. The van der Waals surface area contributed by atoms with Crippen LogP contribution in [0, 0.1) is 0 Å². The van der Waals surface area contributed by atoms with Gasteiger partial charge in [-0.1, -0.05) is 6.92 Å². The van der Waals surface area contributed by atoms with Gasteiger partial charge in [0.25, 0.3) is 0 Å². The van der Waals surface area contributed by atoms with Crippen LogP contribution in [0.25, 0.3) is 0 Å². The van der Waals surface area contributed by atoms with E-state index in [0.29, 0.717) is 6.42 Å². The van der Waals surface area contributed by atoms with Gasteiger partial charge in [0, 0.05) is 24.2 Å². The van der Waals surface area contributed by atoms with Crippen LogP contribution in [0.15, 0.2) is 0 Å². The Morgan fingerprint density at radius 3 is 2.14 bits per heavy atom. The molecule has 3 heteroatoms. The average molecular weight is 145 g/mol. The third kappa shape index (κ3) is 6.44. The molecule has 0 rings (SSSR count). The van der Waals surface area contributed by atoms with Crippen molar-refractivity contribution >= 4 is 0 Å². The largest absolute Gasteiger partial charge is 0.368 e. The number of aliphatic hydroxyl groups is 1. The summed E-state index contributed by atoms with van der Waals surface area (Å²) in [6.07, 6.45) is 0.0984. The normalized spacial score (nSPS) is 12.4. The molecule has 45 valence electrons. The molecule has 1 radical (unpaired) electrons. The van der Waals surface area contributed by atoms with E-state index in [-0.39, 0.29) is 17.1 Å². The fraction of sp³-hybridized carbons (Fsp3) is 1.00. The van der Waals surface area contributed by atoms with Crippen molar-refractivity contribution in [2.24, 2.45) is 0 Å². The van der Waals surface area contributed by atoms with Crippen molar-refractivity contribution in [2.75, 3.05) is 7.11 Å². The summed E-state index contributed by atoms with van der Waals surface area (Å²) >= 11 is 0. The molecular weight excluding hydrogens is 135 g/mol. The Labute approximate surface area is 54.3 Å². The molecule has 0 aliphatic rings. The number of methoxy groups -OCH3 is 1. The first kappa shape index (κ1) is 10.4. The molecule has 7 heavy (non-hydrogen) atoms. The molecule has 0 saturated heterocycles. The van der Waals surface area contributed by atoms with E-state index >= 15 is 0 Å². The van der Waals surface area contributed by atoms with E-state index in [4.69, 9.17) is 5.11 Å². The molecule has 1 atom stereocenters. The molecule has 0 amide bonds. The van der Waals surface area contributed by atoms with Crippen LogP contribution < -0.4 is 0 Å². The van der Waals surface area contributed by atoms with E-state index in [1.165, 1.54) is 7.11 Å². The maximum atomic E-state index is 8.44. The topological polar surface area (TPSA) is 29.5 Å². The standard InChI is InChI=1S/C4H10O2.Mn/c1-3-4(5)6-2;/h4-5H,3H2,1-2H3;. The van der Waals surface area contributed by atoms with E-state index in [1.807, 2.05) is 6.92 Å². The van der Waals surface area contributed by atoms with Gasteiger partial charge in [-0.05, 0) is 6.42 Å². The quantitative estimate of drug-likeness (QED) is 0.449. The fourth-order valence-corrected chi connectivity index (χ4v) is 0.167. The van der Waals surface area contributed by atoms with E-state index in [0.717, 1.165) is 0 Å². The Kier molecular flexibility index (Phi) is 9.59. The van der Waals surface area contributed by atoms with Gasteiger partial charge in [-0.2, -0.15) is 0 Å². The van der Waals surface area contributed by atoms with Crippen molar-refractivity contribution in [1.29, 1.82) is 0 Å². The average Bonchev–Trinajstić information content (AvgIpc) is 1.65. The summed E-state index contributed by atoms with van der Waals surface area (Å²) in [5.41, 5.74) is 0. The van der Waals surface area contributed by atoms with Crippen LogP contribution in [-0.2, 0) is 21.8 Å². The van der Waals surface area contributed by atoms with Crippen molar-refractivity contribution in [3.63, 3.8) is 0 Å². The number of hydrogen-bond acceptors (Lipinski definition) is 2. The first-order valence-electron chi connectivity index (χ1n) is 2.02. The summed E-state index contributed by atoms with van der Waals surface area (Å²) in [5, 5.41) is 8.44. The van der Waals surface area contributed by atoms with Crippen molar-refractivity contribution < 1.29 is 26.9 Å². The molecule has 1 unspecified atom stereocenters. The minimum absolute atomic E-state index is 0. The van der Waals surface area contributed by atoms with Crippen LogP contribution in [0.4, 0.5) is 0 Å². The molecule has 0 aromatic carbocycles. The van der Waals surface area contributed by atoms with Gasteiger partial charge in [0.1, 0.15) is 0 Å². The maximum absolute atomic E-state index is 8.44. The van der Waals surface area contributed by atoms with E-state index in [9.17, 15) is 0 Å². The van der Waals surface area contributed by atoms with Gasteiger partial charge >= 0.3 is 0 Å².